The van der Waals surface area contributed by atoms with E-state index in [1.54, 1.807) is 30.5 Å². The molecule has 2 amide bonds. The van der Waals surface area contributed by atoms with Crippen LogP contribution in [0.3, 0.4) is 0 Å². The summed E-state index contributed by atoms with van der Waals surface area (Å²) in [4.78, 5) is 31.0. The molecule has 0 aliphatic rings. The van der Waals surface area contributed by atoms with Crippen molar-refractivity contribution in [3.8, 4) is 0 Å². The number of pyridine rings is 1. The van der Waals surface area contributed by atoms with Gasteiger partial charge in [-0.25, -0.2) is 4.98 Å². The van der Waals surface area contributed by atoms with Gasteiger partial charge in [0.05, 0.1) is 5.01 Å². The molecule has 2 aromatic heterocycles. The van der Waals surface area contributed by atoms with Crippen molar-refractivity contribution in [1.82, 2.24) is 20.8 Å². The van der Waals surface area contributed by atoms with Gasteiger partial charge >= 0.3 is 0 Å². The number of aromatic nitrogens is 2. The van der Waals surface area contributed by atoms with Crippen molar-refractivity contribution in [2.75, 3.05) is 0 Å². The molecule has 18 heavy (non-hydrogen) atoms. The second-order valence-electron chi connectivity index (χ2n) is 3.37. The fourth-order valence-electron chi connectivity index (χ4n) is 1.21. The van der Waals surface area contributed by atoms with Crippen LogP contribution in [0.5, 0.6) is 0 Å². The minimum Gasteiger partial charge on any atom is -0.266 e. The van der Waals surface area contributed by atoms with Crippen molar-refractivity contribution < 1.29 is 9.59 Å². The van der Waals surface area contributed by atoms with Crippen LogP contribution in [0.15, 0.2) is 29.8 Å². The van der Waals surface area contributed by atoms with E-state index in [9.17, 15) is 9.59 Å². The van der Waals surface area contributed by atoms with Crippen molar-refractivity contribution in [1.29, 1.82) is 0 Å². The molecular weight excluding hydrogens is 252 g/mol. The van der Waals surface area contributed by atoms with Gasteiger partial charge in [-0.3, -0.25) is 25.4 Å². The highest BCUT2D eigenvalue weighted by Crippen LogP contribution is 2.07. The lowest BCUT2D eigenvalue weighted by molar-refractivity contribution is 0.0841. The van der Waals surface area contributed by atoms with Crippen LogP contribution in [-0.4, -0.2) is 21.8 Å². The van der Waals surface area contributed by atoms with Crippen LogP contribution in [0.2, 0.25) is 0 Å². The average molecular weight is 262 g/mol. The monoisotopic (exact) mass is 262 g/mol. The maximum Gasteiger partial charge on any atom is 0.289 e. The number of hydrogen-bond donors (Lipinski definition) is 2. The number of amides is 2. The summed E-state index contributed by atoms with van der Waals surface area (Å²) < 4.78 is 0. The largest absolute Gasteiger partial charge is 0.289 e. The Labute approximate surface area is 107 Å². The van der Waals surface area contributed by atoms with Crippen molar-refractivity contribution in [3.63, 3.8) is 0 Å². The van der Waals surface area contributed by atoms with E-state index in [1.807, 2.05) is 0 Å². The quantitative estimate of drug-likeness (QED) is 0.788. The Bertz CT molecular complexity index is 567. The molecule has 92 valence electrons. The molecule has 0 radical (unpaired) electrons. The molecule has 0 saturated heterocycles. The zero-order valence-electron chi connectivity index (χ0n) is 9.51. The first kappa shape index (κ1) is 12.2. The van der Waals surface area contributed by atoms with Gasteiger partial charge in [-0.2, -0.15) is 0 Å². The third-order valence-electron chi connectivity index (χ3n) is 2.04. The number of aryl methyl sites for hydroxylation is 1. The lowest BCUT2D eigenvalue weighted by Crippen LogP contribution is -2.42. The summed E-state index contributed by atoms with van der Waals surface area (Å²) in [5.41, 5.74) is 5.05. The second-order valence-corrected chi connectivity index (χ2v) is 4.44. The van der Waals surface area contributed by atoms with Crippen molar-refractivity contribution in [3.05, 3.63) is 46.2 Å². The lowest BCUT2D eigenvalue weighted by atomic mass is 10.3. The zero-order chi connectivity index (χ0) is 13.0. The number of hydrogen-bond acceptors (Lipinski definition) is 5. The number of hydrazine groups is 1. The first-order valence-electron chi connectivity index (χ1n) is 5.10. The van der Waals surface area contributed by atoms with Gasteiger partial charge in [0.15, 0.2) is 0 Å². The summed E-state index contributed by atoms with van der Waals surface area (Å²) in [6, 6.07) is 4.94. The topological polar surface area (TPSA) is 84.0 Å². The van der Waals surface area contributed by atoms with Crippen LogP contribution in [0.25, 0.3) is 0 Å². The zero-order valence-corrected chi connectivity index (χ0v) is 10.3. The Hall–Kier alpha value is -2.28. The number of thiazole rings is 1. The Balaban J connectivity index is 1.92. The molecule has 0 saturated carbocycles. The predicted octanol–water partition coefficient (Wildman–Crippen LogP) is 0.921. The molecule has 2 N–H and O–H groups in total. The molecule has 2 heterocycles. The van der Waals surface area contributed by atoms with E-state index < -0.39 is 11.8 Å². The second kappa shape index (κ2) is 5.37. The molecule has 2 rings (SSSR count). The third-order valence-corrected chi connectivity index (χ3v) is 2.81. The fraction of sp³-hybridized carbons (Fsp3) is 0.0909. The summed E-state index contributed by atoms with van der Waals surface area (Å²) in [6.07, 6.45) is 1.50. The minimum atomic E-state index is -0.476. The van der Waals surface area contributed by atoms with E-state index in [0.29, 0.717) is 0 Å². The van der Waals surface area contributed by atoms with Crippen LogP contribution < -0.4 is 10.9 Å². The van der Waals surface area contributed by atoms with Gasteiger partial charge in [0.25, 0.3) is 11.8 Å². The van der Waals surface area contributed by atoms with E-state index in [-0.39, 0.29) is 11.4 Å². The summed E-state index contributed by atoms with van der Waals surface area (Å²) in [5, 5.41) is 2.41. The number of nitrogens with one attached hydrogen (secondary N) is 2. The fourth-order valence-corrected chi connectivity index (χ4v) is 1.80. The molecule has 0 aromatic carbocycles. The molecule has 7 heteroatoms. The Morgan fingerprint density at radius 1 is 1.17 bits per heavy atom. The Morgan fingerprint density at radius 2 is 1.89 bits per heavy atom. The van der Waals surface area contributed by atoms with E-state index in [0.717, 1.165) is 5.01 Å². The smallest absolute Gasteiger partial charge is 0.266 e. The molecule has 0 bridgehead atoms. The molecule has 2 aromatic rings. The summed E-state index contributed by atoms with van der Waals surface area (Å²) in [6.45, 7) is 1.80. The number of carbonyl (C=O) groups is 2. The molecule has 0 aliphatic heterocycles. The van der Waals surface area contributed by atoms with Gasteiger partial charge in [0.1, 0.15) is 11.4 Å². The summed E-state index contributed by atoms with van der Waals surface area (Å²) in [7, 11) is 0. The van der Waals surface area contributed by atoms with Crippen LogP contribution >= 0.6 is 11.3 Å². The molecular formula is C11H10N4O2S. The Morgan fingerprint density at radius 3 is 2.44 bits per heavy atom. The number of rotatable bonds is 2. The molecule has 0 fully saturated rings. The molecule has 0 atom stereocenters. The van der Waals surface area contributed by atoms with Crippen LogP contribution in [-0.2, 0) is 0 Å². The van der Waals surface area contributed by atoms with Crippen molar-refractivity contribution in [2.45, 2.75) is 6.92 Å². The third kappa shape index (κ3) is 2.89. The molecule has 0 unspecified atom stereocenters. The molecule has 0 aliphatic carbocycles. The first-order valence-corrected chi connectivity index (χ1v) is 5.98. The van der Waals surface area contributed by atoms with Crippen LogP contribution in [0.4, 0.5) is 0 Å². The SMILES string of the molecule is Cc1nc(C(=O)NNC(=O)c2ccccn2)cs1. The minimum absolute atomic E-state index is 0.229. The van der Waals surface area contributed by atoms with Crippen molar-refractivity contribution in [2.24, 2.45) is 0 Å². The van der Waals surface area contributed by atoms with Gasteiger partial charge in [-0.15, -0.1) is 11.3 Å². The lowest BCUT2D eigenvalue weighted by Gasteiger charge is -2.04. The highest BCUT2D eigenvalue weighted by Gasteiger charge is 2.11. The van der Waals surface area contributed by atoms with Crippen LogP contribution in [0, 0.1) is 6.92 Å². The number of nitrogens with zero attached hydrogens (tertiary/aromatic N) is 2. The Kier molecular flexibility index (Phi) is 3.63. The standard InChI is InChI=1S/C11H10N4O2S/c1-7-13-9(6-18-7)11(17)15-14-10(16)8-4-2-3-5-12-8/h2-6H,1H3,(H,14,16)(H,15,17). The molecule has 0 spiro atoms. The van der Waals surface area contributed by atoms with Gasteiger partial charge in [-0.1, -0.05) is 6.07 Å². The maximum atomic E-state index is 11.6. The van der Waals surface area contributed by atoms with E-state index in [2.05, 4.69) is 20.8 Å². The molecule has 6 nitrogen and oxygen atoms in total. The van der Waals surface area contributed by atoms with Crippen LogP contribution in [0.1, 0.15) is 26.0 Å². The average Bonchev–Trinajstić information content (AvgIpc) is 2.83. The van der Waals surface area contributed by atoms with E-state index >= 15 is 0 Å². The van der Waals surface area contributed by atoms with Gasteiger partial charge in [0, 0.05) is 11.6 Å². The first-order chi connectivity index (χ1) is 8.66. The summed E-state index contributed by atoms with van der Waals surface area (Å²) in [5.74, 6) is -0.931. The van der Waals surface area contributed by atoms with E-state index in [1.165, 1.54) is 17.5 Å². The van der Waals surface area contributed by atoms with Gasteiger partial charge < -0.3 is 0 Å². The van der Waals surface area contributed by atoms with Gasteiger partial charge in [0.2, 0.25) is 0 Å². The van der Waals surface area contributed by atoms with Gasteiger partial charge in [-0.05, 0) is 19.1 Å². The highest BCUT2D eigenvalue weighted by molar-refractivity contribution is 7.09. The number of carbonyl (C=O) groups excluding carboxylic acids is 2. The normalized spacial score (nSPS) is 9.83. The van der Waals surface area contributed by atoms with Crippen molar-refractivity contribution >= 4 is 23.2 Å². The summed E-state index contributed by atoms with van der Waals surface area (Å²) >= 11 is 1.37. The maximum absolute atomic E-state index is 11.6. The predicted molar refractivity (Wildman–Crippen MR) is 66.0 cm³/mol. The van der Waals surface area contributed by atoms with E-state index in [4.69, 9.17) is 0 Å². The highest BCUT2D eigenvalue weighted by atomic mass is 32.1.